The number of carbonyl (C=O) groups excluding carboxylic acids is 3. The monoisotopic (exact) mass is 564 g/mol. The Kier molecular flexibility index (Phi) is 28.6. The molecule has 0 aliphatic rings. The number of unbranched alkanes of at least 4 members (excludes halogenated alkanes) is 16. The summed E-state index contributed by atoms with van der Waals surface area (Å²) in [6, 6.07) is 0. The third-order valence-corrected chi connectivity index (χ3v) is 6.97. The van der Waals surface area contributed by atoms with Gasteiger partial charge in [-0.2, -0.15) is 0 Å². The molecule has 232 valence electrons. The van der Waals surface area contributed by atoms with Crippen molar-refractivity contribution in [3.63, 3.8) is 0 Å². The highest BCUT2D eigenvalue weighted by Gasteiger charge is 2.16. The van der Waals surface area contributed by atoms with Gasteiger partial charge in [-0.1, -0.05) is 122 Å². The van der Waals surface area contributed by atoms with Gasteiger partial charge in [0.25, 0.3) is 0 Å². The first-order valence-electron chi connectivity index (χ1n) is 16.3. The lowest BCUT2D eigenvalue weighted by Crippen LogP contribution is -2.28. The molecule has 0 aromatic rings. The lowest BCUT2D eigenvalue weighted by Gasteiger charge is -2.15. The summed E-state index contributed by atoms with van der Waals surface area (Å²) in [5.74, 6) is -0.532. The van der Waals surface area contributed by atoms with Crippen LogP contribution in [0.4, 0.5) is 0 Å². The number of aliphatic hydroxyl groups is 1. The SMILES string of the molecule is CCCCC/C=C\C=C\C(=O)CCCCCCCC(=O)O[C@@H](CO)COC(=O)CCCCCCCCCCCC. The summed E-state index contributed by atoms with van der Waals surface area (Å²) >= 11 is 0. The molecule has 0 bridgehead atoms. The number of carbonyl (C=O) groups is 3. The number of ketones is 1. The molecule has 0 heterocycles. The van der Waals surface area contributed by atoms with Gasteiger partial charge < -0.3 is 14.6 Å². The first-order valence-corrected chi connectivity index (χ1v) is 16.3. The highest BCUT2D eigenvalue weighted by molar-refractivity contribution is 5.89. The van der Waals surface area contributed by atoms with Crippen molar-refractivity contribution in [2.75, 3.05) is 13.2 Å². The van der Waals surface area contributed by atoms with Crippen LogP contribution in [0.15, 0.2) is 24.3 Å². The molecule has 0 aromatic carbocycles. The van der Waals surface area contributed by atoms with E-state index in [1.807, 2.05) is 12.2 Å². The highest BCUT2D eigenvalue weighted by atomic mass is 16.6. The maximum absolute atomic E-state index is 12.1. The number of hydrogen-bond acceptors (Lipinski definition) is 6. The molecule has 0 saturated heterocycles. The molecule has 0 radical (unpaired) electrons. The largest absolute Gasteiger partial charge is 0.462 e. The molecule has 0 aliphatic carbocycles. The van der Waals surface area contributed by atoms with Crippen molar-refractivity contribution >= 4 is 17.7 Å². The molecule has 0 aliphatic heterocycles. The van der Waals surface area contributed by atoms with Crippen molar-refractivity contribution in [1.82, 2.24) is 0 Å². The van der Waals surface area contributed by atoms with E-state index in [9.17, 15) is 19.5 Å². The maximum atomic E-state index is 12.1. The van der Waals surface area contributed by atoms with Crippen LogP contribution in [0, 0.1) is 0 Å². The molecule has 0 rings (SSSR count). The van der Waals surface area contributed by atoms with E-state index in [0.717, 1.165) is 51.4 Å². The van der Waals surface area contributed by atoms with E-state index in [0.29, 0.717) is 19.3 Å². The van der Waals surface area contributed by atoms with Gasteiger partial charge in [-0.05, 0) is 38.2 Å². The minimum atomic E-state index is -0.811. The van der Waals surface area contributed by atoms with Gasteiger partial charge in [0.05, 0.1) is 6.61 Å². The molecule has 0 aromatic heterocycles. The number of rotatable bonds is 29. The van der Waals surface area contributed by atoms with E-state index in [2.05, 4.69) is 19.9 Å². The third-order valence-electron chi connectivity index (χ3n) is 6.97. The predicted molar refractivity (Wildman–Crippen MR) is 164 cm³/mol. The van der Waals surface area contributed by atoms with Crippen LogP contribution in [0.5, 0.6) is 0 Å². The number of hydrogen-bond donors (Lipinski definition) is 1. The number of aliphatic hydroxyl groups excluding tert-OH is 1. The van der Waals surface area contributed by atoms with Crippen molar-refractivity contribution < 1.29 is 29.0 Å². The summed E-state index contributed by atoms with van der Waals surface area (Å²) < 4.78 is 10.5. The van der Waals surface area contributed by atoms with Crippen molar-refractivity contribution in [3.05, 3.63) is 24.3 Å². The summed E-state index contributed by atoms with van der Waals surface area (Å²) in [6.07, 6.45) is 29.1. The molecule has 0 fully saturated rings. The van der Waals surface area contributed by atoms with E-state index >= 15 is 0 Å². The van der Waals surface area contributed by atoms with E-state index in [4.69, 9.17) is 9.47 Å². The zero-order valence-electron chi connectivity index (χ0n) is 25.8. The summed E-state index contributed by atoms with van der Waals surface area (Å²) in [5.41, 5.74) is 0. The van der Waals surface area contributed by atoms with Crippen molar-refractivity contribution in [2.24, 2.45) is 0 Å². The normalized spacial score (nSPS) is 12.3. The highest BCUT2D eigenvalue weighted by Crippen LogP contribution is 2.12. The fourth-order valence-corrected chi connectivity index (χ4v) is 4.42. The number of esters is 2. The van der Waals surface area contributed by atoms with Crippen molar-refractivity contribution in [1.29, 1.82) is 0 Å². The van der Waals surface area contributed by atoms with Crippen LogP contribution in [-0.4, -0.2) is 42.1 Å². The molecule has 0 spiro atoms. The van der Waals surface area contributed by atoms with E-state index in [1.165, 1.54) is 64.2 Å². The van der Waals surface area contributed by atoms with Crippen molar-refractivity contribution in [3.8, 4) is 0 Å². The van der Waals surface area contributed by atoms with Gasteiger partial charge in [-0.25, -0.2) is 0 Å². The second-order valence-electron chi connectivity index (χ2n) is 10.9. The van der Waals surface area contributed by atoms with Crippen LogP contribution in [-0.2, 0) is 23.9 Å². The predicted octanol–water partition coefficient (Wildman–Crippen LogP) is 8.74. The van der Waals surface area contributed by atoms with Crippen LogP contribution >= 0.6 is 0 Å². The van der Waals surface area contributed by atoms with Gasteiger partial charge in [0.1, 0.15) is 6.61 Å². The van der Waals surface area contributed by atoms with E-state index in [1.54, 1.807) is 6.08 Å². The fourth-order valence-electron chi connectivity index (χ4n) is 4.42. The third kappa shape index (κ3) is 27.6. The fraction of sp³-hybridized carbons (Fsp3) is 0.794. The van der Waals surface area contributed by atoms with Crippen molar-refractivity contribution in [2.45, 2.75) is 161 Å². The topological polar surface area (TPSA) is 89.9 Å². The van der Waals surface area contributed by atoms with Crippen LogP contribution in [0.25, 0.3) is 0 Å². The minimum absolute atomic E-state index is 0.101. The first-order chi connectivity index (χ1) is 19.5. The minimum Gasteiger partial charge on any atom is -0.462 e. The van der Waals surface area contributed by atoms with Crippen LogP contribution in [0.3, 0.4) is 0 Å². The van der Waals surface area contributed by atoms with Gasteiger partial charge in [0.2, 0.25) is 0 Å². The lowest BCUT2D eigenvalue weighted by atomic mass is 10.1. The smallest absolute Gasteiger partial charge is 0.306 e. The Balaban J connectivity index is 3.70. The van der Waals surface area contributed by atoms with Crippen LogP contribution in [0.2, 0.25) is 0 Å². The molecule has 0 amide bonds. The molecule has 6 nitrogen and oxygen atoms in total. The number of allylic oxidation sites excluding steroid dienone is 4. The van der Waals surface area contributed by atoms with Crippen LogP contribution in [0.1, 0.15) is 155 Å². The quantitative estimate of drug-likeness (QED) is 0.0423. The molecule has 6 heteroatoms. The Morgan fingerprint density at radius 2 is 1.12 bits per heavy atom. The summed E-state index contributed by atoms with van der Waals surface area (Å²) in [7, 11) is 0. The molecular formula is C34H60O6. The zero-order valence-corrected chi connectivity index (χ0v) is 25.8. The molecular weight excluding hydrogens is 504 g/mol. The van der Waals surface area contributed by atoms with Gasteiger partial charge in [0, 0.05) is 19.3 Å². The molecule has 0 saturated carbocycles. The summed E-state index contributed by atoms with van der Waals surface area (Å²) in [5, 5.41) is 9.47. The second kappa shape index (κ2) is 30.0. The van der Waals surface area contributed by atoms with Gasteiger partial charge in [-0.3, -0.25) is 14.4 Å². The Hall–Kier alpha value is -1.95. The summed E-state index contributed by atoms with van der Waals surface area (Å²) in [6.45, 7) is 3.95. The standard InChI is InChI=1S/C34H60O6/c1-3-5-7-9-11-12-13-15-19-23-27-33(37)39-30-32(29-35)40-34(38)28-24-20-16-18-22-26-31(36)25-21-17-14-10-8-6-4-2/h14,17,21,25,32,35H,3-13,15-16,18-20,22-24,26-30H2,1-2H3/b17-14-,25-21+/t32-/m0/s1. The Morgan fingerprint density at radius 3 is 1.70 bits per heavy atom. The van der Waals surface area contributed by atoms with Gasteiger partial charge in [-0.15, -0.1) is 0 Å². The molecule has 0 unspecified atom stereocenters. The Labute approximate surface area is 245 Å². The molecule has 1 N–H and O–H groups in total. The number of ether oxygens (including phenoxy) is 2. The van der Waals surface area contributed by atoms with E-state index < -0.39 is 6.10 Å². The maximum Gasteiger partial charge on any atom is 0.306 e. The average molecular weight is 565 g/mol. The second-order valence-corrected chi connectivity index (χ2v) is 10.9. The Bertz CT molecular complexity index is 669. The summed E-state index contributed by atoms with van der Waals surface area (Å²) in [4.78, 5) is 35.9. The average Bonchev–Trinajstić information content (AvgIpc) is 2.95. The molecule has 1 atom stereocenters. The first kappa shape index (κ1) is 38.0. The van der Waals surface area contributed by atoms with Gasteiger partial charge in [0.15, 0.2) is 11.9 Å². The Morgan fingerprint density at radius 1 is 0.625 bits per heavy atom. The zero-order chi connectivity index (χ0) is 29.5. The lowest BCUT2D eigenvalue weighted by molar-refractivity contribution is -0.161. The van der Waals surface area contributed by atoms with Crippen LogP contribution < -0.4 is 0 Å². The molecule has 40 heavy (non-hydrogen) atoms. The van der Waals surface area contributed by atoms with Gasteiger partial charge >= 0.3 is 11.9 Å². The van der Waals surface area contributed by atoms with E-state index in [-0.39, 0.29) is 37.4 Å².